The van der Waals surface area contributed by atoms with Crippen molar-refractivity contribution in [2.45, 2.75) is 70.8 Å². The number of aromatic nitrogens is 2. The standard InChI is InChI=1S/C25H35FN3O10P/c1-6-16-9-8-10-17(11-16)39-40(33,28-15(3)24(34-4)35-5)36-14-20-19(38-22(30)7-2)12-21(37-20)29-13-18(26)23(31)27-25(29)32/h8-11,13,15,19-21,24H,6-7,12,14H2,1-5H3,(H,28,33)(H,27,31,32)/t15?,19-,20+,21?,40?/m0/s1. The van der Waals surface area contributed by atoms with Gasteiger partial charge in [0, 0.05) is 27.1 Å². The van der Waals surface area contributed by atoms with E-state index < -0.39 is 68.2 Å². The normalized spacial score (nSPS) is 21.2. The number of aromatic amines is 1. The fraction of sp³-hybridized carbons (Fsp3) is 0.560. The van der Waals surface area contributed by atoms with Gasteiger partial charge in [-0.05, 0) is 31.0 Å². The molecule has 1 aliphatic heterocycles. The number of nitrogens with zero attached hydrogens (tertiary/aromatic N) is 1. The second kappa shape index (κ2) is 14.2. The zero-order chi connectivity index (χ0) is 29.4. The number of esters is 1. The van der Waals surface area contributed by atoms with E-state index in [0.717, 1.165) is 10.1 Å². The molecule has 2 aromatic rings. The van der Waals surface area contributed by atoms with Crippen LogP contribution in [0, 0.1) is 5.82 Å². The molecule has 1 saturated heterocycles. The SMILES string of the molecule is CCC(=O)O[C@H]1CC(n2cc(F)c(=O)[nH]c2=O)O[C@@H]1COP(=O)(NC(C)C(OC)OC)Oc1cccc(CC)c1. The summed E-state index contributed by atoms with van der Waals surface area (Å²) in [6.07, 6.45) is -2.45. The summed E-state index contributed by atoms with van der Waals surface area (Å²) in [5.41, 5.74) is -1.15. The summed E-state index contributed by atoms with van der Waals surface area (Å²) in [6, 6.07) is 6.32. The second-order valence-electron chi connectivity index (χ2n) is 9.03. The maximum Gasteiger partial charge on any atom is 0.459 e. The molecule has 2 heterocycles. The Labute approximate surface area is 230 Å². The molecule has 1 aromatic heterocycles. The fourth-order valence-electron chi connectivity index (χ4n) is 4.11. The van der Waals surface area contributed by atoms with Crippen LogP contribution < -0.4 is 20.9 Å². The van der Waals surface area contributed by atoms with Gasteiger partial charge in [0.1, 0.15) is 24.2 Å². The molecule has 2 N–H and O–H groups in total. The van der Waals surface area contributed by atoms with Crippen molar-refractivity contribution in [3.8, 4) is 5.75 Å². The molecule has 3 rings (SSSR count). The van der Waals surface area contributed by atoms with E-state index in [9.17, 15) is 23.3 Å². The van der Waals surface area contributed by atoms with E-state index in [1.54, 1.807) is 32.0 Å². The molecule has 0 radical (unpaired) electrons. The summed E-state index contributed by atoms with van der Waals surface area (Å²) in [5, 5.41) is 2.79. The number of hydrogen-bond acceptors (Lipinski definition) is 10. The Morgan fingerprint density at radius 3 is 2.65 bits per heavy atom. The lowest BCUT2D eigenvalue weighted by atomic mass is 10.2. The van der Waals surface area contributed by atoms with Crippen LogP contribution in [0.15, 0.2) is 40.1 Å². The molecule has 0 saturated carbocycles. The lowest BCUT2D eigenvalue weighted by molar-refractivity contribution is -0.152. The van der Waals surface area contributed by atoms with Gasteiger partial charge in [-0.25, -0.2) is 14.4 Å². The predicted molar refractivity (Wildman–Crippen MR) is 140 cm³/mol. The van der Waals surface area contributed by atoms with E-state index in [-0.39, 0.29) is 18.6 Å². The summed E-state index contributed by atoms with van der Waals surface area (Å²) >= 11 is 0. The van der Waals surface area contributed by atoms with Crippen molar-refractivity contribution in [1.82, 2.24) is 14.6 Å². The van der Waals surface area contributed by atoms with Gasteiger partial charge in [-0.2, -0.15) is 4.39 Å². The molecule has 3 unspecified atom stereocenters. The molecule has 1 aromatic carbocycles. The molecule has 1 aliphatic rings. The molecule has 5 atom stereocenters. The van der Waals surface area contributed by atoms with Gasteiger partial charge in [0.15, 0.2) is 6.29 Å². The topological polar surface area (TPSA) is 156 Å². The monoisotopic (exact) mass is 587 g/mol. The minimum Gasteiger partial charge on any atom is -0.459 e. The van der Waals surface area contributed by atoms with Crippen molar-refractivity contribution in [3.63, 3.8) is 0 Å². The van der Waals surface area contributed by atoms with E-state index in [4.69, 9.17) is 28.0 Å². The Hall–Kier alpha value is -2.87. The maximum atomic E-state index is 14.0. The minimum atomic E-state index is -4.15. The third kappa shape index (κ3) is 8.09. The lowest BCUT2D eigenvalue weighted by Crippen LogP contribution is -2.40. The first-order chi connectivity index (χ1) is 19.0. The highest BCUT2D eigenvalue weighted by Crippen LogP contribution is 2.46. The first-order valence-corrected chi connectivity index (χ1v) is 14.3. The lowest BCUT2D eigenvalue weighted by Gasteiger charge is -2.28. The second-order valence-corrected chi connectivity index (χ2v) is 10.7. The van der Waals surface area contributed by atoms with Crippen LogP contribution in [0.5, 0.6) is 5.75 Å². The smallest absolute Gasteiger partial charge is 0.459 e. The van der Waals surface area contributed by atoms with Crippen LogP contribution in [-0.4, -0.2) is 60.9 Å². The summed E-state index contributed by atoms with van der Waals surface area (Å²) in [6.45, 7) is 4.81. The van der Waals surface area contributed by atoms with Gasteiger partial charge < -0.3 is 23.5 Å². The number of hydrogen-bond donors (Lipinski definition) is 2. The fourth-order valence-corrected chi connectivity index (χ4v) is 5.64. The number of rotatable bonds is 14. The zero-order valence-corrected chi connectivity index (χ0v) is 23.9. The van der Waals surface area contributed by atoms with Crippen molar-refractivity contribution < 1.29 is 41.7 Å². The number of carbonyl (C=O) groups is 1. The molecular formula is C25H35FN3O10P. The van der Waals surface area contributed by atoms with Crippen LogP contribution in [0.25, 0.3) is 0 Å². The number of aryl methyl sites for hydroxylation is 1. The summed E-state index contributed by atoms with van der Waals surface area (Å²) in [5.74, 6) is -1.46. The van der Waals surface area contributed by atoms with Crippen molar-refractivity contribution >= 4 is 13.7 Å². The van der Waals surface area contributed by atoms with Crippen molar-refractivity contribution in [2.75, 3.05) is 20.8 Å². The number of methoxy groups -OCH3 is 2. The number of nitrogens with one attached hydrogen (secondary N) is 2. The number of ether oxygens (including phenoxy) is 4. The first-order valence-electron chi connectivity index (χ1n) is 12.7. The summed E-state index contributed by atoms with van der Waals surface area (Å²) < 4.78 is 62.2. The molecule has 0 bridgehead atoms. The highest BCUT2D eigenvalue weighted by atomic mass is 31.2. The predicted octanol–water partition coefficient (Wildman–Crippen LogP) is 2.65. The number of benzene rings is 1. The largest absolute Gasteiger partial charge is 0.459 e. The Balaban J connectivity index is 1.86. The molecule has 0 aliphatic carbocycles. The quantitative estimate of drug-likeness (QED) is 0.190. The van der Waals surface area contributed by atoms with E-state index in [2.05, 4.69) is 5.09 Å². The Kier molecular flexibility index (Phi) is 11.2. The summed E-state index contributed by atoms with van der Waals surface area (Å²) in [7, 11) is -1.31. The van der Waals surface area contributed by atoms with E-state index in [1.165, 1.54) is 14.2 Å². The number of carbonyl (C=O) groups excluding carboxylic acids is 1. The number of halogens is 1. The van der Waals surface area contributed by atoms with Crippen LogP contribution in [0.3, 0.4) is 0 Å². The van der Waals surface area contributed by atoms with E-state index >= 15 is 0 Å². The van der Waals surface area contributed by atoms with Gasteiger partial charge in [-0.1, -0.05) is 26.0 Å². The van der Waals surface area contributed by atoms with Gasteiger partial charge in [0.2, 0.25) is 5.82 Å². The zero-order valence-electron chi connectivity index (χ0n) is 23.0. The molecule has 13 nitrogen and oxygen atoms in total. The molecule has 222 valence electrons. The van der Waals surface area contributed by atoms with Gasteiger partial charge in [0.25, 0.3) is 5.56 Å². The average Bonchev–Trinajstić information content (AvgIpc) is 3.32. The van der Waals surface area contributed by atoms with Crippen LogP contribution in [0.1, 0.15) is 45.4 Å². The van der Waals surface area contributed by atoms with Crippen molar-refractivity contribution in [1.29, 1.82) is 0 Å². The van der Waals surface area contributed by atoms with Crippen LogP contribution >= 0.6 is 7.75 Å². The Morgan fingerprint density at radius 1 is 1.27 bits per heavy atom. The van der Waals surface area contributed by atoms with Crippen LogP contribution in [0.2, 0.25) is 0 Å². The van der Waals surface area contributed by atoms with Gasteiger partial charge >= 0.3 is 19.4 Å². The third-order valence-corrected chi connectivity index (χ3v) is 7.83. The van der Waals surface area contributed by atoms with E-state index in [1.807, 2.05) is 18.0 Å². The molecule has 15 heteroatoms. The highest BCUT2D eigenvalue weighted by Gasteiger charge is 2.42. The molecule has 0 spiro atoms. The van der Waals surface area contributed by atoms with Gasteiger partial charge in [-0.3, -0.25) is 23.7 Å². The Morgan fingerprint density at radius 2 is 2.00 bits per heavy atom. The average molecular weight is 588 g/mol. The third-order valence-electron chi connectivity index (χ3n) is 6.16. The molecule has 40 heavy (non-hydrogen) atoms. The van der Waals surface area contributed by atoms with Gasteiger partial charge in [-0.15, -0.1) is 0 Å². The first kappa shape index (κ1) is 31.7. The highest BCUT2D eigenvalue weighted by molar-refractivity contribution is 7.52. The molecular weight excluding hydrogens is 552 g/mol. The van der Waals surface area contributed by atoms with Crippen molar-refractivity contribution in [2.24, 2.45) is 0 Å². The summed E-state index contributed by atoms with van der Waals surface area (Å²) in [4.78, 5) is 37.7. The minimum absolute atomic E-state index is 0.0614. The van der Waals surface area contributed by atoms with Gasteiger partial charge in [0.05, 0.1) is 18.8 Å². The number of H-pyrrole nitrogens is 1. The van der Waals surface area contributed by atoms with Crippen LogP contribution in [0.4, 0.5) is 4.39 Å². The maximum absolute atomic E-state index is 14.0. The molecule has 0 amide bonds. The molecule has 1 fully saturated rings. The van der Waals surface area contributed by atoms with Crippen molar-refractivity contribution in [3.05, 3.63) is 62.7 Å². The van der Waals surface area contributed by atoms with Crippen LogP contribution in [-0.2, 0) is 39.3 Å². The Bertz CT molecular complexity index is 1310. The van der Waals surface area contributed by atoms with E-state index in [0.29, 0.717) is 12.6 Å².